The van der Waals surface area contributed by atoms with Gasteiger partial charge in [-0.1, -0.05) is 35.9 Å². The Labute approximate surface area is 165 Å². The Balaban J connectivity index is 1.53. The number of para-hydroxylation sites is 1. The van der Waals surface area contributed by atoms with Gasteiger partial charge >= 0.3 is 0 Å². The molecule has 0 fully saturated rings. The van der Waals surface area contributed by atoms with E-state index in [2.05, 4.69) is 13.8 Å². The molecular formula is C23H25N3O2. The Morgan fingerprint density at radius 3 is 2.54 bits per heavy atom. The molecule has 0 N–H and O–H groups in total. The number of hydrogen-bond acceptors (Lipinski definition) is 3. The second kappa shape index (κ2) is 7.15. The number of aryl methyl sites for hydroxylation is 1. The fraction of sp³-hybridized carbons (Fsp3) is 0.304. The van der Waals surface area contributed by atoms with Crippen LogP contribution in [0.4, 0.5) is 0 Å². The number of carbonyl (C=O) groups excluding carboxylic acids is 1. The predicted molar refractivity (Wildman–Crippen MR) is 108 cm³/mol. The van der Waals surface area contributed by atoms with E-state index < -0.39 is 0 Å². The Bertz CT molecular complexity index is 975. The second-order valence-corrected chi connectivity index (χ2v) is 7.98. The summed E-state index contributed by atoms with van der Waals surface area (Å²) in [7, 11) is 0. The minimum absolute atomic E-state index is 0.0580. The van der Waals surface area contributed by atoms with Crippen LogP contribution in [-0.4, -0.2) is 27.1 Å². The lowest BCUT2D eigenvalue weighted by Crippen LogP contribution is -2.49. The highest BCUT2D eigenvalue weighted by atomic mass is 16.5. The maximum Gasteiger partial charge on any atom is 0.254 e. The molecule has 0 spiro atoms. The van der Waals surface area contributed by atoms with E-state index in [1.807, 2.05) is 77.2 Å². The molecule has 2 aromatic carbocycles. The van der Waals surface area contributed by atoms with Crippen LogP contribution in [0, 0.1) is 6.92 Å². The molecule has 0 unspecified atom stereocenters. The van der Waals surface area contributed by atoms with Crippen molar-refractivity contribution in [3.63, 3.8) is 0 Å². The highest BCUT2D eigenvalue weighted by Gasteiger charge is 2.35. The van der Waals surface area contributed by atoms with E-state index in [1.54, 1.807) is 0 Å². The predicted octanol–water partition coefficient (Wildman–Crippen LogP) is 4.16. The SMILES string of the molecule is Cc1ccc(C(=O)N2Cc3cc(COc4ccccc4)nn3C(C)(C)C2)cc1. The summed E-state index contributed by atoms with van der Waals surface area (Å²) < 4.78 is 7.87. The molecule has 1 amide bonds. The van der Waals surface area contributed by atoms with E-state index in [-0.39, 0.29) is 11.4 Å². The van der Waals surface area contributed by atoms with Gasteiger partial charge < -0.3 is 9.64 Å². The van der Waals surface area contributed by atoms with Crippen LogP contribution in [-0.2, 0) is 18.7 Å². The van der Waals surface area contributed by atoms with Crippen molar-refractivity contribution in [1.82, 2.24) is 14.7 Å². The summed E-state index contributed by atoms with van der Waals surface area (Å²) in [6.45, 7) is 7.82. The van der Waals surface area contributed by atoms with Gasteiger partial charge in [-0.15, -0.1) is 0 Å². The van der Waals surface area contributed by atoms with Crippen LogP contribution in [0.1, 0.15) is 41.2 Å². The molecule has 2 heterocycles. The number of rotatable bonds is 4. The van der Waals surface area contributed by atoms with Crippen LogP contribution in [0.15, 0.2) is 60.7 Å². The summed E-state index contributed by atoms with van der Waals surface area (Å²) in [4.78, 5) is 14.9. The van der Waals surface area contributed by atoms with Crippen molar-refractivity contribution in [2.24, 2.45) is 0 Å². The Morgan fingerprint density at radius 2 is 1.82 bits per heavy atom. The van der Waals surface area contributed by atoms with Gasteiger partial charge in [0.2, 0.25) is 0 Å². The Kier molecular flexibility index (Phi) is 4.67. The minimum atomic E-state index is -0.279. The molecule has 28 heavy (non-hydrogen) atoms. The summed E-state index contributed by atoms with van der Waals surface area (Å²) >= 11 is 0. The number of nitrogens with zero attached hydrogens (tertiary/aromatic N) is 3. The van der Waals surface area contributed by atoms with Gasteiger partial charge in [-0.2, -0.15) is 5.10 Å². The van der Waals surface area contributed by atoms with Crippen molar-refractivity contribution in [3.8, 4) is 5.75 Å². The van der Waals surface area contributed by atoms with Gasteiger partial charge in [0.1, 0.15) is 18.1 Å². The molecule has 1 aliphatic heterocycles. The van der Waals surface area contributed by atoms with E-state index in [0.29, 0.717) is 19.7 Å². The van der Waals surface area contributed by atoms with Gasteiger partial charge in [0.15, 0.2) is 0 Å². The molecule has 0 saturated heterocycles. The molecule has 144 valence electrons. The quantitative estimate of drug-likeness (QED) is 0.688. The monoisotopic (exact) mass is 375 g/mol. The third-order valence-electron chi connectivity index (χ3n) is 5.05. The van der Waals surface area contributed by atoms with Crippen molar-refractivity contribution in [2.75, 3.05) is 6.54 Å². The van der Waals surface area contributed by atoms with Gasteiger partial charge in [0.05, 0.1) is 17.8 Å². The first-order valence-corrected chi connectivity index (χ1v) is 9.54. The first kappa shape index (κ1) is 18.3. The largest absolute Gasteiger partial charge is 0.487 e. The van der Waals surface area contributed by atoms with Gasteiger partial charge in [0.25, 0.3) is 5.91 Å². The van der Waals surface area contributed by atoms with E-state index in [9.17, 15) is 4.79 Å². The summed E-state index contributed by atoms with van der Waals surface area (Å²) in [5, 5.41) is 4.75. The number of benzene rings is 2. The molecular weight excluding hydrogens is 350 g/mol. The van der Waals surface area contributed by atoms with Crippen molar-refractivity contribution >= 4 is 5.91 Å². The van der Waals surface area contributed by atoms with Crippen molar-refractivity contribution < 1.29 is 9.53 Å². The molecule has 4 rings (SSSR count). The number of amides is 1. The summed E-state index contributed by atoms with van der Waals surface area (Å²) in [6, 6.07) is 19.5. The lowest BCUT2D eigenvalue weighted by atomic mass is 10.0. The standard InChI is InChI=1S/C23H25N3O2/c1-17-9-11-18(12-10-17)22(27)25-14-20-13-19(24-26(20)23(2,3)16-25)15-28-21-7-5-4-6-8-21/h4-13H,14-16H2,1-3H3. The molecule has 0 saturated carbocycles. The first-order chi connectivity index (χ1) is 13.4. The van der Waals surface area contributed by atoms with E-state index in [1.165, 1.54) is 0 Å². The van der Waals surface area contributed by atoms with Gasteiger partial charge in [-0.05, 0) is 51.1 Å². The Morgan fingerprint density at radius 1 is 1.11 bits per heavy atom. The van der Waals surface area contributed by atoms with Crippen LogP contribution in [0.3, 0.4) is 0 Å². The number of ether oxygens (including phenoxy) is 1. The third kappa shape index (κ3) is 3.65. The molecule has 1 aliphatic rings. The molecule has 3 aromatic rings. The van der Waals surface area contributed by atoms with Crippen LogP contribution in [0.2, 0.25) is 0 Å². The van der Waals surface area contributed by atoms with Crippen molar-refractivity contribution in [2.45, 2.75) is 39.5 Å². The molecule has 1 aromatic heterocycles. The van der Waals surface area contributed by atoms with E-state index in [0.717, 1.165) is 28.3 Å². The average molecular weight is 375 g/mol. The van der Waals surface area contributed by atoms with Crippen LogP contribution >= 0.6 is 0 Å². The number of hydrogen-bond donors (Lipinski definition) is 0. The molecule has 5 nitrogen and oxygen atoms in total. The fourth-order valence-corrected chi connectivity index (χ4v) is 3.66. The molecule has 0 aliphatic carbocycles. The lowest BCUT2D eigenvalue weighted by Gasteiger charge is -2.39. The van der Waals surface area contributed by atoms with E-state index in [4.69, 9.17) is 9.84 Å². The van der Waals surface area contributed by atoms with Crippen LogP contribution in [0.5, 0.6) is 5.75 Å². The average Bonchev–Trinajstić information content (AvgIpc) is 3.11. The second-order valence-electron chi connectivity index (χ2n) is 7.98. The molecule has 5 heteroatoms. The molecule has 0 bridgehead atoms. The highest BCUT2D eigenvalue weighted by Crippen LogP contribution is 2.28. The third-order valence-corrected chi connectivity index (χ3v) is 5.05. The Hall–Kier alpha value is -3.08. The summed E-state index contributed by atoms with van der Waals surface area (Å²) in [6.07, 6.45) is 0. The fourth-order valence-electron chi connectivity index (χ4n) is 3.66. The molecule has 0 atom stereocenters. The zero-order valence-electron chi connectivity index (χ0n) is 16.6. The minimum Gasteiger partial charge on any atom is -0.487 e. The van der Waals surface area contributed by atoms with Crippen LogP contribution in [0.25, 0.3) is 0 Å². The van der Waals surface area contributed by atoms with Crippen molar-refractivity contribution in [3.05, 3.63) is 83.2 Å². The maximum atomic E-state index is 13.0. The zero-order valence-corrected chi connectivity index (χ0v) is 16.6. The number of fused-ring (bicyclic) bond motifs is 1. The topological polar surface area (TPSA) is 47.4 Å². The normalized spacial score (nSPS) is 15.2. The lowest BCUT2D eigenvalue weighted by molar-refractivity contribution is 0.0586. The van der Waals surface area contributed by atoms with Gasteiger partial charge in [0, 0.05) is 12.1 Å². The maximum absolute atomic E-state index is 13.0. The number of carbonyl (C=O) groups is 1. The summed E-state index contributed by atoms with van der Waals surface area (Å²) in [5.41, 5.74) is 3.50. The number of aromatic nitrogens is 2. The first-order valence-electron chi connectivity index (χ1n) is 9.54. The molecule has 0 radical (unpaired) electrons. The summed E-state index contributed by atoms with van der Waals surface area (Å²) in [5.74, 6) is 0.881. The zero-order chi connectivity index (χ0) is 19.7. The smallest absolute Gasteiger partial charge is 0.254 e. The van der Waals surface area contributed by atoms with Crippen LogP contribution < -0.4 is 4.74 Å². The van der Waals surface area contributed by atoms with Crippen molar-refractivity contribution in [1.29, 1.82) is 0 Å². The van der Waals surface area contributed by atoms with Gasteiger partial charge in [-0.25, -0.2) is 0 Å². The van der Waals surface area contributed by atoms with E-state index >= 15 is 0 Å². The van der Waals surface area contributed by atoms with Gasteiger partial charge in [-0.3, -0.25) is 9.48 Å². The highest BCUT2D eigenvalue weighted by molar-refractivity contribution is 5.94.